The minimum absolute atomic E-state index is 0.0120. The van der Waals surface area contributed by atoms with E-state index >= 15 is 0 Å². The van der Waals surface area contributed by atoms with Crippen LogP contribution in [0.25, 0.3) is 0 Å². The second-order valence-electron chi connectivity index (χ2n) is 19.3. The van der Waals surface area contributed by atoms with E-state index in [1.807, 2.05) is 38.1 Å². The summed E-state index contributed by atoms with van der Waals surface area (Å²) < 4.78 is 33.8. The van der Waals surface area contributed by atoms with Crippen LogP contribution in [0.2, 0.25) is 0 Å². The van der Waals surface area contributed by atoms with E-state index in [4.69, 9.17) is 28.4 Å². The van der Waals surface area contributed by atoms with Crippen LogP contribution in [0.4, 0.5) is 11.4 Å². The SMILES string of the molecule is CCNCCCc1nc(OC)c(NC(=O)c2csc(Oc3cc(C(C)(C)C)ccc3C)n2)c(OC)n1.COc1nc(CCCNC(C)C)nc(OC)c1NC(=O)c1csc(Oc2cc(C(C)(C)C)ccc2C)n1. The first-order chi connectivity index (χ1) is 34.7. The van der Waals surface area contributed by atoms with Crippen LogP contribution in [0.5, 0.6) is 45.4 Å². The second kappa shape index (κ2) is 26.5. The molecule has 0 fully saturated rings. The third-order valence-corrected chi connectivity index (χ3v) is 12.5. The van der Waals surface area contributed by atoms with Crippen molar-refractivity contribution in [3.63, 3.8) is 0 Å². The molecule has 0 atom stereocenters. The van der Waals surface area contributed by atoms with E-state index in [2.05, 4.69) is 126 Å². The summed E-state index contributed by atoms with van der Waals surface area (Å²) in [6, 6.07) is 12.7. The quantitative estimate of drug-likeness (QED) is 0.0465. The van der Waals surface area contributed by atoms with Crippen LogP contribution in [0.15, 0.2) is 47.2 Å². The summed E-state index contributed by atoms with van der Waals surface area (Å²) in [6.07, 6.45) is 3.02. The van der Waals surface area contributed by atoms with Gasteiger partial charge in [-0.05, 0) is 91.5 Å². The Labute approximate surface area is 437 Å². The molecule has 4 aromatic heterocycles. The van der Waals surface area contributed by atoms with Crippen LogP contribution in [0.1, 0.15) is 130 Å². The van der Waals surface area contributed by atoms with Gasteiger partial charge in [0, 0.05) is 29.6 Å². The first kappa shape index (κ1) is 57.4. The maximum Gasteiger partial charge on any atom is 0.279 e. The Bertz CT molecular complexity index is 2730. The van der Waals surface area contributed by atoms with Crippen molar-refractivity contribution in [1.82, 2.24) is 40.5 Å². The molecule has 0 aliphatic rings. The number of carbonyl (C=O) groups excluding carboxylic acids is 2. The zero-order valence-corrected chi connectivity index (χ0v) is 46.5. The van der Waals surface area contributed by atoms with Crippen molar-refractivity contribution in [3.05, 3.63) is 92.4 Å². The first-order valence-electron chi connectivity index (χ1n) is 24.2. The average Bonchev–Trinajstić information content (AvgIpc) is 4.03. The van der Waals surface area contributed by atoms with E-state index in [9.17, 15) is 9.59 Å². The van der Waals surface area contributed by atoms with E-state index in [1.165, 1.54) is 51.1 Å². The molecule has 0 unspecified atom stereocenters. The van der Waals surface area contributed by atoms with Crippen LogP contribution in [-0.4, -0.2) is 95.8 Å². The highest BCUT2D eigenvalue weighted by Gasteiger charge is 2.24. The molecule has 6 rings (SSSR count). The van der Waals surface area contributed by atoms with Crippen LogP contribution in [0.3, 0.4) is 0 Å². The molecule has 18 nitrogen and oxygen atoms in total. The number of aryl methyl sites for hydroxylation is 4. The largest absolute Gasteiger partial charge is 0.479 e. The van der Waals surface area contributed by atoms with Crippen LogP contribution >= 0.6 is 22.7 Å². The van der Waals surface area contributed by atoms with Crippen LogP contribution < -0.4 is 49.7 Å². The van der Waals surface area contributed by atoms with Crippen molar-refractivity contribution in [2.75, 3.05) is 58.7 Å². The highest BCUT2D eigenvalue weighted by molar-refractivity contribution is 7.12. The molecule has 0 aliphatic heterocycles. The van der Waals surface area contributed by atoms with E-state index < -0.39 is 11.8 Å². The van der Waals surface area contributed by atoms with Gasteiger partial charge in [-0.2, -0.15) is 29.9 Å². The lowest BCUT2D eigenvalue weighted by molar-refractivity contribution is 0.101. The molecule has 2 aromatic carbocycles. The van der Waals surface area contributed by atoms with E-state index in [0.29, 0.717) is 52.4 Å². The van der Waals surface area contributed by atoms with Crippen molar-refractivity contribution in [2.45, 2.75) is 119 Å². The van der Waals surface area contributed by atoms with Gasteiger partial charge in [-0.15, -0.1) is 0 Å². The highest BCUT2D eigenvalue weighted by atomic mass is 32.1. The lowest BCUT2D eigenvalue weighted by atomic mass is 9.86. The first-order valence-corrected chi connectivity index (χ1v) is 26.0. The number of nitrogens with zero attached hydrogens (tertiary/aromatic N) is 6. The van der Waals surface area contributed by atoms with Gasteiger partial charge in [-0.25, -0.2) is 0 Å². The molecular weight excluding hydrogens is 969 g/mol. The standard InChI is InChI=1S/C27H37N5O4S.C26H35N5O4S/c1-16(2)28-13-9-10-21-30-24(34-7)22(25(31-21)35-8)32-23(33)19-15-37-26(29-19)36-20-14-18(27(4,5)6)12-11-17(20)3;1-8-27-13-9-10-20-29-23(33-6)21(24(30-20)34-7)31-22(32)18-15-36-25(28-18)35-19-14-17(26(3,4)5)12-11-16(19)2/h11-12,14-16,28H,9-10,13H2,1-8H3,(H,32,33);11-12,14-15,27H,8-10,13H2,1-7H3,(H,31,32). The molecule has 4 heterocycles. The van der Waals surface area contributed by atoms with Crippen molar-refractivity contribution in [1.29, 1.82) is 0 Å². The summed E-state index contributed by atoms with van der Waals surface area (Å²) >= 11 is 2.49. The number of ether oxygens (including phenoxy) is 6. The molecule has 0 saturated carbocycles. The summed E-state index contributed by atoms with van der Waals surface area (Å²) in [7, 11) is 5.96. The molecule has 0 spiro atoms. The molecule has 4 N–H and O–H groups in total. The topological polar surface area (TPSA) is 215 Å². The number of hydrogen-bond donors (Lipinski definition) is 4. The predicted molar refractivity (Wildman–Crippen MR) is 289 cm³/mol. The molecule has 20 heteroatoms. The van der Waals surface area contributed by atoms with Gasteiger partial charge in [0.05, 0.1) is 28.4 Å². The smallest absolute Gasteiger partial charge is 0.279 e. The Hall–Kier alpha value is -6.48. The number of rotatable bonds is 22. The van der Waals surface area contributed by atoms with Gasteiger partial charge in [0.1, 0.15) is 34.5 Å². The van der Waals surface area contributed by atoms with Crippen LogP contribution in [-0.2, 0) is 23.7 Å². The second-order valence-corrected chi connectivity index (χ2v) is 20.9. The predicted octanol–water partition coefficient (Wildman–Crippen LogP) is 10.7. The zero-order chi connectivity index (χ0) is 53.5. The van der Waals surface area contributed by atoms with Gasteiger partial charge >= 0.3 is 0 Å². The fraction of sp³-hybridized carbons (Fsp3) is 0.472. The van der Waals surface area contributed by atoms with Crippen molar-refractivity contribution in [2.24, 2.45) is 0 Å². The van der Waals surface area contributed by atoms with E-state index in [-0.39, 0.29) is 57.1 Å². The Balaban J connectivity index is 0.000000271. The van der Waals surface area contributed by atoms with Crippen molar-refractivity contribution < 1.29 is 38.0 Å². The number of aromatic nitrogens is 6. The summed E-state index contributed by atoms with van der Waals surface area (Å²) in [5.41, 5.74) is 5.18. The Morgan fingerprint density at radius 2 is 0.973 bits per heavy atom. The number of methoxy groups -OCH3 is 4. The maximum absolute atomic E-state index is 13.0. The number of benzene rings is 2. The summed E-state index contributed by atoms with van der Waals surface area (Å²) in [5, 5.41) is 16.2. The zero-order valence-electron chi connectivity index (χ0n) is 44.9. The minimum Gasteiger partial charge on any atom is -0.479 e. The maximum atomic E-state index is 13.0. The molecule has 394 valence electrons. The Morgan fingerprint density at radius 3 is 1.32 bits per heavy atom. The fourth-order valence-corrected chi connectivity index (χ4v) is 8.17. The molecule has 0 saturated heterocycles. The third kappa shape index (κ3) is 16.5. The van der Waals surface area contributed by atoms with Gasteiger partial charge in [0.25, 0.3) is 22.2 Å². The third-order valence-electron chi connectivity index (χ3n) is 11.1. The van der Waals surface area contributed by atoms with Crippen LogP contribution in [0, 0.1) is 13.8 Å². The minimum atomic E-state index is -0.444. The summed E-state index contributed by atoms with van der Waals surface area (Å²) in [5.74, 6) is 2.62. The van der Waals surface area contributed by atoms with E-state index in [1.54, 1.807) is 10.8 Å². The van der Waals surface area contributed by atoms with Crippen molar-refractivity contribution in [3.8, 4) is 45.4 Å². The Morgan fingerprint density at radius 1 is 0.589 bits per heavy atom. The number of carbonyl (C=O) groups is 2. The Kier molecular flexibility index (Phi) is 20.8. The number of hydrogen-bond acceptors (Lipinski definition) is 18. The monoisotopic (exact) mass is 1040 g/mol. The van der Waals surface area contributed by atoms with Crippen molar-refractivity contribution >= 4 is 45.9 Å². The van der Waals surface area contributed by atoms with Gasteiger partial charge < -0.3 is 49.7 Å². The number of nitrogens with one attached hydrogen (secondary N) is 4. The van der Waals surface area contributed by atoms with Gasteiger partial charge in [-0.1, -0.05) is 109 Å². The van der Waals surface area contributed by atoms with E-state index in [0.717, 1.165) is 54.7 Å². The fourth-order valence-electron chi connectivity index (χ4n) is 6.85. The lowest BCUT2D eigenvalue weighted by Gasteiger charge is -2.20. The normalized spacial score (nSPS) is 11.4. The molecular formula is C53H72N10O8S2. The number of anilines is 2. The molecule has 73 heavy (non-hydrogen) atoms. The molecule has 2 amide bonds. The number of thiazole rings is 2. The molecule has 0 bridgehead atoms. The molecule has 0 aliphatic carbocycles. The van der Waals surface area contributed by atoms with Gasteiger partial charge in [0.2, 0.25) is 23.5 Å². The molecule has 0 radical (unpaired) electrons. The number of amides is 2. The highest BCUT2D eigenvalue weighted by Crippen LogP contribution is 2.37. The summed E-state index contributed by atoms with van der Waals surface area (Å²) in [4.78, 5) is 52.6. The molecule has 6 aromatic rings. The summed E-state index contributed by atoms with van der Waals surface area (Å²) in [6.45, 7) is 25.7. The average molecular weight is 1040 g/mol. The lowest BCUT2D eigenvalue weighted by Crippen LogP contribution is -2.24. The van der Waals surface area contributed by atoms with Gasteiger partial charge in [0.15, 0.2) is 11.4 Å². The van der Waals surface area contributed by atoms with Gasteiger partial charge in [-0.3, -0.25) is 9.59 Å².